The van der Waals surface area contributed by atoms with Gasteiger partial charge in [-0.2, -0.15) is 0 Å². The molecule has 0 aliphatic heterocycles. The van der Waals surface area contributed by atoms with E-state index in [2.05, 4.69) is 45.0 Å². The second-order valence-electron chi connectivity index (χ2n) is 5.33. The minimum Gasteiger partial charge on any atom is -0.395 e. The molecule has 1 atom stereocenters. The lowest BCUT2D eigenvalue weighted by atomic mass is 9.81. The lowest BCUT2D eigenvalue weighted by Crippen LogP contribution is -2.46. The fourth-order valence-electron chi connectivity index (χ4n) is 2.13. The van der Waals surface area contributed by atoms with Gasteiger partial charge in [-0.05, 0) is 45.2 Å². The van der Waals surface area contributed by atoms with Gasteiger partial charge in [0.15, 0.2) is 0 Å². The summed E-state index contributed by atoms with van der Waals surface area (Å²) in [4.78, 5) is 2.28. The van der Waals surface area contributed by atoms with Crippen molar-refractivity contribution in [2.24, 2.45) is 5.41 Å². The monoisotopic (exact) mass is 244 g/mol. The molecule has 0 aromatic heterocycles. The summed E-state index contributed by atoms with van der Waals surface area (Å²) in [6, 6.07) is 0.249. The lowest BCUT2D eigenvalue weighted by Gasteiger charge is -2.38. The summed E-state index contributed by atoms with van der Waals surface area (Å²) in [5, 5.41) is 12.8. The number of rotatable bonds is 10. The van der Waals surface area contributed by atoms with Crippen molar-refractivity contribution < 1.29 is 5.11 Å². The van der Waals surface area contributed by atoms with Crippen molar-refractivity contribution >= 4 is 0 Å². The van der Waals surface area contributed by atoms with E-state index in [0.717, 1.165) is 19.6 Å². The Kier molecular flexibility index (Phi) is 8.83. The predicted molar refractivity (Wildman–Crippen MR) is 75.4 cm³/mol. The zero-order chi connectivity index (χ0) is 13.3. The van der Waals surface area contributed by atoms with Crippen LogP contribution in [0.1, 0.15) is 47.0 Å². The molecule has 0 spiro atoms. The first-order chi connectivity index (χ1) is 8.05. The Balaban J connectivity index is 4.37. The zero-order valence-electron chi connectivity index (χ0n) is 12.4. The summed E-state index contributed by atoms with van der Waals surface area (Å²) in [7, 11) is 2.11. The van der Waals surface area contributed by atoms with Gasteiger partial charge in [0.1, 0.15) is 0 Å². The van der Waals surface area contributed by atoms with Crippen molar-refractivity contribution in [3.8, 4) is 0 Å². The first-order valence-corrected chi connectivity index (χ1v) is 7.07. The number of likely N-dealkylation sites (N-methyl/N-ethyl adjacent to an activating group) is 1. The van der Waals surface area contributed by atoms with E-state index in [1.807, 2.05) is 0 Å². The Morgan fingerprint density at radius 3 is 2.24 bits per heavy atom. The number of nitrogens with zero attached hydrogens (tertiary/aromatic N) is 1. The predicted octanol–water partition coefficient (Wildman–Crippen LogP) is 2.11. The van der Waals surface area contributed by atoms with Crippen molar-refractivity contribution in [3.05, 3.63) is 0 Å². The second kappa shape index (κ2) is 8.90. The molecule has 0 aliphatic carbocycles. The van der Waals surface area contributed by atoms with Crippen LogP contribution in [0.4, 0.5) is 0 Å². The van der Waals surface area contributed by atoms with Gasteiger partial charge < -0.3 is 15.3 Å². The number of hydrogen-bond acceptors (Lipinski definition) is 3. The molecular weight excluding hydrogens is 212 g/mol. The third-order valence-corrected chi connectivity index (χ3v) is 4.03. The number of nitrogens with one attached hydrogen (secondary N) is 1. The number of aliphatic hydroxyl groups is 1. The van der Waals surface area contributed by atoms with E-state index < -0.39 is 0 Å². The van der Waals surface area contributed by atoms with Crippen molar-refractivity contribution in [3.63, 3.8) is 0 Å². The van der Waals surface area contributed by atoms with E-state index in [9.17, 15) is 5.11 Å². The molecule has 0 radical (unpaired) electrons. The Bertz CT molecular complexity index is 181. The Morgan fingerprint density at radius 1 is 1.24 bits per heavy atom. The molecule has 17 heavy (non-hydrogen) atoms. The topological polar surface area (TPSA) is 35.5 Å². The molecule has 1 unspecified atom stereocenters. The molecular formula is C14H32N2O. The van der Waals surface area contributed by atoms with Gasteiger partial charge in [-0.15, -0.1) is 0 Å². The smallest absolute Gasteiger partial charge is 0.0584 e. The summed E-state index contributed by atoms with van der Waals surface area (Å²) >= 11 is 0. The molecule has 0 aromatic rings. The van der Waals surface area contributed by atoms with Crippen molar-refractivity contribution in [2.45, 2.75) is 53.0 Å². The van der Waals surface area contributed by atoms with Crippen LogP contribution in [-0.4, -0.2) is 49.3 Å². The highest BCUT2D eigenvalue weighted by Gasteiger charge is 2.28. The van der Waals surface area contributed by atoms with E-state index >= 15 is 0 Å². The third kappa shape index (κ3) is 5.84. The van der Waals surface area contributed by atoms with Gasteiger partial charge in [0.25, 0.3) is 0 Å². The van der Waals surface area contributed by atoms with Gasteiger partial charge in [-0.1, -0.05) is 20.8 Å². The number of aliphatic hydroxyl groups excluding tert-OH is 1. The van der Waals surface area contributed by atoms with Gasteiger partial charge >= 0.3 is 0 Å². The van der Waals surface area contributed by atoms with Gasteiger partial charge in [0, 0.05) is 19.1 Å². The van der Waals surface area contributed by atoms with Crippen LogP contribution in [0.3, 0.4) is 0 Å². The van der Waals surface area contributed by atoms with Crippen LogP contribution in [0.2, 0.25) is 0 Å². The van der Waals surface area contributed by atoms with Gasteiger partial charge in [-0.25, -0.2) is 0 Å². The van der Waals surface area contributed by atoms with E-state index in [4.69, 9.17) is 0 Å². The molecule has 0 aromatic carbocycles. The van der Waals surface area contributed by atoms with Gasteiger partial charge in [0.05, 0.1) is 6.61 Å². The van der Waals surface area contributed by atoms with E-state index in [0.29, 0.717) is 5.41 Å². The maximum Gasteiger partial charge on any atom is 0.0584 e. The van der Waals surface area contributed by atoms with Crippen LogP contribution >= 0.6 is 0 Å². The average Bonchev–Trinajstić information content (AvgIpc) is 2.36. The fourth-order valence-corrected chi connectivity index (χ4v) is 2.13. The molecule has 0 heterocycles. The minimum atomic E-state index is 0.238. The minimum absolute atomic E-state index is 0.238. The van der Waals surface area contributed by atoms with Crippen LogP contribution in [0.15, 0.2) is 0 Å². The van der Waals surface area contributed by atoms with Crippen LogP contribution in [0, 0.1) is 5.41 Å². The second-order valence-corrected chi connectivity index (χ2v) is 5.33. The third-order valence-electron chi connectivity index (χ3n) is 4.03. The summed E-state index contributed by atoms with van der Waals surface area (Å²) < 4.78 is 0. The molecule has 0 saturated heterocycles. The van der Waals surface area contributed by atoms with Gasteiger partial charge in [-0.3, -0.25) is 0 Å². The molecule has 3 heteroatoms. The highest BCUT2D eigenvalue weighted by atomic mass is 16.3. The van der Waals surface area contributed by atoms with Crippen LogP contribution < -0.4 is 5.32 Å². The zero-order valence-corrected chi connectivity index (χ0v) is 12.4. The first kappa shape index (κ1) is 16.9. The molecule has 0 saturated carbocycles. The Labute approximate surface area is 108 Å². The largest absolute Gasteiger partial charge is 0.395 e. The first-order valence-electron chi connectivity index (χ1n) is 7.07. The van der Waals surface area contributed by atoms with Crippen molar-refractivity contribution in [2.75, 3.05) is 33.3 Å². The normalized spacial score (nSPS) is 14.3. The van der Waals surface area contributed by atoms with E-state index in [-0.39, 0.29) is 12.6 Å². The van der Waals surface area contributed by atoms with Crippen molar-refractivity contribution in [1.82, 2.24) is 10.2 Å². The SMILES string of the molecule is CCCNCC(CC)(CC)CN(C)C(C)CO. The van der Waals surface area contributed by atoms with Crippen LogP contribution in [0.25, 0.3) is 0 Å². The molecule has 0 aliphatic rings. The molecule has 3 nitrogen and oxygen atoms in total. The molecule has 0 rings (SSSR count). The summed E-state index contributed by atoms with van der Waals surface area (Å²) in [6.45, 7) is 12.3. The Morgan fingerprint density at radius 2 is 1.82 bits per heavy atom. The lowest BCUT2D eigenvalue weighted by molar-refractivity contribution is 0.0952. The maximum absolute atomic E-state index is 9.20. The molecule has 104 valence electrons. The van der Waals surface area contributed by atoms with E-state index in [1.165, 1.54) is 19.3 Å². The summed E-state index contributed by atoms with van der Waals surface area (Å²) in [6.07, 6.45) is 3.55. The standard InChI is InChI=1S/C14H32N2O/c1-6-9-15-11-14(7-2,8-3)12-16(5)13(4)10-17/h13,15,17H,6-12H2,1-5H3. The average molecular weight is 244 g/mol. The van der Waals surface area contributed by atoms with Crippen molar-refractivity contribution in [1.29, 1.82) is 0 Å². The molecule has 2 N–H and O–H groups in total. The summed E-state index contributed by atoms with van der Waals surface area (Å²) in [5.41, 5.74) is 0.341. The number of hydrogen-bond donors (Lipinski definition) is 2. The van der Waals surface area contributed by atoms with Crippen LogP contribution in [-0.2, 0) is 0 Å². The van der Waals surface area contributed by atoms with E-state index in [1.54, 1.807) is 0 Å². The highest BCUT2D eigenvalue weighted by Crippen LogP contribution is 2.27. The summed E-state index contributed by atoms with van der Waals surface area (Å²) in [5.74, 6) is 0. The maximum atomic E-state index is 9.20. The fraction of sp³-hybridized carbons (Fsp3) is 1.00. The highest BCUT2D eigenvalue weighted by molar-refractivity contribution is 4.83. The Hall–Kier alpha value is -0.120. The quantitative estimate of drug-likeness (QED) is 0.578. The molecule has 0 fully saturated rings. The molecule has 0 amide bonds. The molecule has 0 bridgehead atoms. The van der Waals surface area contributed by atoms with Gasteiger partial charge in [0.2, 0.25) is 0 Å². The van der Waals surface area contributed by atoms with Crippen LogP contribution in [0.5, 0.6) is 0 Å².